The molecule has 0 spiro atoms. The van der Waals surface area contributed by atoms with E-state index >= 15 is 0 Å². The zero-order valence-electron chi connectivity index (χ0n) is 14.3. The molecule has 24 heavy (non-hydrogen) atoms. The second-order valence-corrected chi connectivity index (χ2v) is 6.49. The van der Waals surface area contributed by atoms with Gasteiger partial charge in [-0.15, -0.1) is 0 Å². The van der Waals surface area contributed by atoms with E-state index in [4.69, 9.17) is 0 Å². The topological polar surface area (TPSA) is 46.0 Å². The summed E-state index contributed by atoms with van der Waals surface area (Å²) in [7, 11) is 1.95. The largest absolute Gasteiger partial charge is 0.314 e. The van der Waals surface area contributed by atoms with E-state index in [2.05, 4.69) is 50.6 Å². The van der Waals surface area contributed by atoms with Gasteiger partial charge in [-0.2, -0.15) is 5.10 Å². The van der Waals surface area contributed by atoms with Crippen molar-refractivity contribution >= 4 is 11.0 Å². The summed E-state index contributed by atoms with van der Waals surface area (Å²) in [5.74, 6) is 0. The average Bonchev–Trinajstić information content (AvgIpc) is 2.91. The molecule has 2 aromatic heterocycles. The molecule has 1 aliphatic heterocycles. The van der Waals surface area contributed by atoms with Gasteiger partial charge in [0.2, 0.25) is 0 Å². The number of nitrogens with one attached hydrogen (secondary N) is 1. The molecule has 0 saturated carbocycles. The van der Waals surface area contributed by atoms with E-state index in [1.807, 2.05) is 24.9 Å². The Morgan fingerprint density at radius 3 is 2.58 bits per heavy atom. The van der Waals surface area contributed by atoms with Crippen LogP contribution in [-0.2, 0) is 13.6 Å². The van der Waals surface area contributed by atoms with Gasteiger partial charge in [-0.3, -0.25) is 9.58 Å². The van der Waals surface area contributed by atoms with Crippen LogP contribution in [-0.4, -0.2) is 45.8 Å². The third-order valence-electron chi connectivity index (χ3n) is 4.78. The first-order chi connectivity index (χ1) is 11.7. The Hall–Kier alpha value is -2.24. The van der Waals surface area contributed by atoms with Crippen LogP contribution in [0.3, 0.4) is 0 Å². The normalized spacial score (nSPS) is 15.9. The van der Waals surface area contributed by atoms with Crippen molar-refractivity contribution in [1.82, 2.24) is 25.0 Å². The summed E-state index contributed by atoms with van der Waals surface area (Å²) in [5.41, 5.74) is 5.77. The fraction of sp³-hybridized carbons (Fsp3) is 0.368. The van der Waals surface area contributed by atoms with E-state index < -0.39 is 0 Å². The van der Waals surface area contributed by atoms with Crippen LogP contribution in [0.2, 0.25) is 0 Å². The second-order valence-electron chi connectivity index (χ2n) is 6.49. The summed E-state index contributed by atoms with van der Waals surface area (Å²) in [5, 5.41) is 9.06. The number of fused-ring (bicyclic) bond motifs is 1. The Balaban J connectivity index is 1.63. The average molecular weight is 321 g/mol. The van der Waals surface area contributed by atoms with Crippen molar-refractivity contribution in [3.8, 4) is 11.1 Å². The zero-order valence-corrected chi connectivity index (χ0v) is 14.3. The fourth-order valence-electron chi connectivity index (χ4n) is 3.53. The molecule has 3 heterocycles. The molecule has 3 aromatic rings. The third-order valence-corrected chi connectivity index (χ3v) is 4.78. The molecule has 1 aromatic carbocycles. The van der Waals surface area contributed by atoms with Crippen LogP contribution >= 0.6 is 0 Å². The number of aromatic nitrogens is 3. The van der Waals surface area contributed by atoms with Gasteiger partial charge < -0.3 is 5.32 Å². The molecular weight excluding hydrogens is 298 g/mol. The highest BCUT2D eigenvalue weighted by atomic mass is 15.3. The van der Waals surface area contributed by atoms with Gasteiger partial charge >= 0.3 is 0 Å². The highest BCUT2D eigenvalue weighted by molar-refractivity contribution is 5.94. The van der Waals surface area contributed by atoms with Crippen molar-refractivity contribution in [1.29, 1.82) is 0 Å². The number of nitrogens with zero attached hydrogens (tertiary/aromatic N) is 4. The van der Waals surface area contributed by atoms with Crippen molar-refractivity contribution in [2.75, 3.05) is 26.2 Å². The minimum absolute atomic E-state index is 0.940. The monoisotopic (exact) mass is 321 g/mol. The zero-order chi connectivity index (χ0) is 16.5. The minimum Gasteiger partial charge on any atom is -0.314 e. The number of benzene rings is 1. The molecule has 5 heteroatoms. The predicted molar refractivity (Wildman–Crippen MR) is 96.8 cm³/mol. The molecule has 1 fully saturated rings. The quantitative estimate of drug-likeness (QED) is 0.804. The van der Waals surface area contributed by atoms with E-state index in [1.54, 1.807) is 0 Å². The highest BCUT2D eigenvalue weighted by Gasteiger charge is 2.13. The third kappa shape index (κ3) is 2.81. The number of piperazine rings is 1. The maximum atomic E-state index is 4.51. The Labute approximate surface area is 142 Å². The molecule has 1 saturated heterocycles. The first kappa shape index (κ1) is 15.3. The molecule has 0 aliphatic carbocycles. The van der Waals surface area contributed by atoms with Gasteiger partial charge in [0.15, 0.2) is 5.65 Å². The van der Waals surface area contributed by atoms with Gasteiger partial charge in [0.05, 0.1) is 5.69 Å². The van der Waals surface area contributed by atoms with E-state index in [9.17, 15) is 0 Å². The number of rotatable bonds is 3. The lowest BCUT2D eigenvalue weighted by molar-refractivity contribution is 0.233. The lowest BCUT2D eigenvalue weighted by atomic mass is 10.0. The number of hydrogen-bond donors (Lipinski definition) is 1. The molecule has 124 valence electrons. The summed E-state index contributed by atoms with van der Waals surface area (Å²) >= 11 is 0. The van der Waals surface area contributed by atoms with Crippen molar-refractivity contribution in [3.63, 3.8) is 0 Å². The predicted octanol–water partition coefficient (Wildman–Crippen LogP) is 2.35. The Morgan fingerprint density at radius 2 is 1.83 bits per heavy atom. The summed E-state index contributed by atoms with van der Waals surface area (Å²) < 4.78 is 1.85. The number of pyridine rings is 1. The van der Waals surface area contributed by atoms with Crippen LogP contribution in [0.4, 0.5) is 0 Å². The Kier molecular flexibility index (Phi) is 4.04. The van der Waals surface area contributed by atoms with Crippen LogP contribution in [0.1, 0.15) is 11.3 Å². The summed E-state index contributed by atoms with van der Waals surface area (Å²) in [6, 6.07) is 11.0. The van der Waals surface area contributed by atoms with E-state index in [1.165, 1.54) is 16.7 Å². The fourth-order valence-corrected chi connectivity index (χ4v) is 3.53. The Bertz CT molecular complexity index is 844. The summed E-state index contributed by atoms with van der Waals surface area (Å²) in [6.07, 6.45) is 1.87. The highest BCUT2D eigenvalue weighted by Crippen LogP contribution is 2.29. The maximum absolute atomic E-state index is 4.51. The molecule has 0 unspecified atom stereocenters. The van der Waals surface area contributed by atoms with Crippen molar-refractivity contribution in [2.24, 2.45) is 7.05 Å². The lowest BCUT2D eigenvalue weighted by Gasteiger charge is -2.27. The van der Waals surface area contributed by atoms with Crippen LogP contribution in [0.25, 0.3) is 22.2 Å². The lowest BCUT2D eigenvalue weighted by Crippen LogP contribution is -2.42. The van der Waals surface area contributed by atoms with Crippen LogP contribution < -0.4 is 5.32 Å². The van der Waals surface area contributed by atoms with Gasteiger partial charge in [0, 0.05) is 51.4 Å². The van der Waals surface area contributed by atoms with E-state index in [0.717, 1.165) is 49.5 Å². The summed E-state index contributed by atoms with van der Waals surface area (Å²) in [4.78, 5) is 6.97. The molecule has 5 nitrogen and oxygen atoms in total. The standard InChI is InChI=1S/C19H23N5/c1-14-18-17(7-8-21-19(18)23(2)22-14)16-5-3-15(4-6-16)13-24-11-9-20-10-12-24/h3-8,20H,9-13H2,1-2H3. The Morgan fingerprint density at radius 1 is 1.08 bits per heavy atom. The smallest absolute Gasteiger partial charge is 0.158 e. The SMILES string of the molecule is Cc1nn(C)c2nccc(-c3ccc(CN4CCNCC4)cc3)c12. The van der Waals surface area contributed by atoms with Crippen molar-refractivity contribution in [3.05, 3.63) is 47.8 Å². The van der Waals surface area contributed by atoms with Crippen LogP contribution in [0, 0.1) is 6.92 Å². The molecule has 0 radical (unpaired) electrons. The van der Waals surface area contributed by atoms with Gasteiger partial charge in [0.1, 0.15) is 0 Å². The van der Waals surface area contributed by atoms with Gasteiger partial charge in [-0.1, -0.05) is 24.3 Å². The molecule has 1 N–H and O–H groups in total. The van der Waals surface area contributed by atoms with Gasteiger partial charge in [-0.25, -0.2) is 4.98 Å². The van der Waals surface area contributed by atoms with Crippen LogP contribution in [0.15, 0.2) is 36.5 Å². The molecule has 0 bridgehead atoms. The van der Waals surface area contributed by atoms with Gasteiger partial charge in [-0.05, 0) is 29.7 Å². The number of aryl methyl sites for hydroxylation is 2. The molecule has 0 atom stereocenters. The molecular formula is C19H23N5. The van der Waals surface area contributed by atoms with Crippen molar-refractivity contribution in [2.45, 2.75) is 13.5 Å². The molecule has 0 amide bonds. The van der Waals surface area contributed by atoms with E-state index in [-0.39, 0.29) is 0 Å². The molecule has 1 aliphatic rings. The maximum Gasteiger partial charge on any atom is 0.158 e. The first-order valence-corrected chi connectivity index (χ1v) is 8.53. The van der Waals surface area contributed by atoms with Crippen molar-refractivity contribution < 1.29 is 0 Å². The number of hydrogen-bond acceptors (Lipinski definition) is 4. The van der Waals surface area contributed by atoms with Crippen LogP contribution in [0.5, 0.6) is 0 Å². The first-order valence-electron chi connectivity index (χ1n) is 8.53. The van der Waals surface area contributed by atoms with Gasteiger partial charge in [0.25, 0.3) is 0 Å². The minimum atomic E-state index is 0.940. The molecule has 4 rings (SSSR count). The second kappa shape index (κ2) is 6.34. The summed E-state index contributed by atoms with van der Waals surface area (Å²) in [6.45, 7) is 7.51. The van der Waals surface area contributed by atoms with E-state index in [0.29, 0.717) is 0 Å².